The molecule has 0 bridgehead atoms. The minimum absolute atomic E-state index is 0.0611. The van der Waals surface area contributed by atoms with E-state index in [2.05, 4.69) is 40.5 Å². The second-order valence-corrected chi connectivity index (χ2v) is 7.39. The largest absolute Gasteiger partial charge is 0.481 e. The minimum Gasteiger partial charge on any atom is -0.481 e. The summed E-state index contributed by atoms with van der Waals surface area (Å²) in [6, 6.07) is 14.6. The van der Waals surface area contributed by atoms with Gasteiger partial charge < -0.3 is 15.0 Å². The van der Waals surface area contributed by atoms with Crippen LogP contribution in [-0.2, 0) is 11.2 Å². The summed E-state index contributed by atoms with van der Waals surface area (Å²) in [7, 11) is 0. The molecule has 0 unspecified atom stereocenters. The highest BCUT2D eigenvalue weighted by Gasteiger charge is 2.17. The van der Waals surface area contributed by atoms with Gasteiger partial charge in [-0.2, -0.15) is 0 Å². The minimum atomic E-state index is -0.498. The van der Waals surface area contributed by atoms with Gasteiger partial charge in [0.15, 0.2) is 6.10 Å². The summed E-state index contributed by atoms with van der Waals surface area (Å²) in [4.78, 5) is 14.8. The highest BCUT2D eigenvalue weighted by atomic mass is 16.5. The number of anilines is 1. The van der Waals surface area contributed by atoms with Crippen LogP contribution >= 0.6 is 0 Å². The molecule has 3 rings (SSSR count). The number of para-hydroxylation sites is 1. The molecule has 0 fully saturated rings. The summed E-state index contributed by atoms with van der Waals surface area (Å²) in [6.07, 6.45) is 2.79. The maximum absolute atomic E-state index is 12.3. The average molecular weight is 367 g/mol. The third-order valence-electron chi connectivity index (χ3n) is 5.11. The van der Waals surface area contributed by atoms with Crippen molar-refractivity contribution < 1.29 is 9.53 Å². The number of amides is 1. The molecule has 2 aromatic carbocycles. The molecule has 1 amide bonds. The van der Waals surface area contributed by atoms with Gasteiger partial charge in [0.05, 0.1) is 0 Å². The van der Waals surface area contributed by atoms with Crippen molar-refractivity contribution in [1.29, 1.82) is 0 Å². The van der Waals surface area contributed by atoms with Crippen molar-refractivity contribution in [2.24, 2.45) is 0 Å². The van der Waals surface area contributed by atoms with Gasteiger partial charge in [-0.05, 0) is 63.3 Å². The molecule has 1 heterocycles. The molecule has 1 aliphatic rings. The first-order valence-electron chi connectivity index (χ1n) is 9.89. The van der Waals surface area contributed by atoms with E-state index in [4.69, 9.17) is 4.74 Å². The third-order valence-corrected chi connectivity index (χ3v) is 5.11. The Morgan fingerprint density at radius 1 is 1.22 bits per heavy atom. The highest BCUT2D eigenvalue weighted by molar-refractivity contribution is 5.80. The predicted molar refractivity (Wildman–Crippen MR) is 111 cm³/mol. The maximum atomic E-state index is 12.3. The lowest BCUT2D eigenvalue weighted by Gasteiger charge is -2.31. The van der Waals surface area contributed by atoms with Crippen molar-refractivity contribution in [2.45, 2.75) is 46.1 Å². The maximum Gasteiger partial charge on any atom is 0.260 e. The number of ether oxygens (including phenoxy) is 1. The van der Waals surface area contributed by atoms with Crippen LogP contribution in [0, 0.1) is 13.8 Å². The van der Waals surface area contributed by atoms with Crippen molar-refractivity contribution in [1.82, 2.24) is 5.32 Å². The average Bonchev–Trinajstić information content (AvgIpc) is 2.67. The van der Waals surface area contributed by atoms with Crippen LogP contribution in [0.1, 0.15) is 36.5 Å². The second-order valence-electron chi connectivity index (χ2n) is 7.39. The molecule has 0 radical (unpaired) electrons. The molecular weight excluding hydrogens is 336 g/mol. The lowest BCUT2D eigenvalue weighted by atomic mass is 10.0. The molecule has 4 heteroatoms. The Labute approximate surface area is 162 Å². The molecule has 0 aromatic heterocycles. The SMILES string of the molecule is Cc1ccc(O[C@@H](C)C(=O)NCCCN2CCCc3ccccc32)c(C)c1. The fourth-order valence-electron chi connectivity index (χ4n) is 3.64. The molecule has 0 spiro atoms. The van der Waals surface area contributed by atoms with E-state index in [-0.39, 0.29) is 5.91 Å². The zero-order valence-corrected chi connectivity index (χ0v) is 16.6. The summed E-state index contributed by atoms with van der Waals surface area (Å²) in [5.74, 6) is 0.710. The van der Waals surface area contributed by atoms with Crippen molar-refractivity contribution in [3.63, 3.8) is 0 Å². The molecule has 1 atom stereocenters. The molecule has 2 aromatic rings. The number of hydrogen-bond acceptors (Lipinski definition) is 3. The zero-order chi connectivity index (χ0) is 19.2. The van der Waals surface area contributed by atoms with E-state index in [0.717, 1.165) is 37.2 Å². The van der Waals surface area contributed by atoms with Crippen molar-refractivity contribution >= 4 is 11.6 Å². The second kappa shape index (κ2) is 8.94. The van der Waals surface area contributed by atoms with Gasteiger partial charge in [0.25, 0.3) is 5.91 Å². The summed E-state index contributed by atoms with van der Waals surface area (Å²) in [5.41, 5.74) is 5.03. The number of carbonyl (C=O) groups excluding carboxylic acids is 1. The quantitative estimate of drug-likeness (QED) is 0.752. The van der Waals surface area contributed by atoms with Gasteiger partial charge in [-0.3, -0.25) is 4.79 Å². The van der Waals surface area contributed by atoms with Gasteiger partial charge in [0.2, 0.25) is 0 Å². The van der Waals surface area contributed by atoms with Crippen LogP contribution in [0.3, 0.4) is 0 Å². The number of nitrogens with one attached hydrogen (secondary N) is 1. The fraction of sp³-hybridized carbons (Fsp3) is 0.435. The Balaban J connectivity index is 1.43. The topological polar surface area (TPSA) is 41.6 Å². The number of hydrogen-bond donors (Lipinski definition) is 1. The summed E-state index contributed by atoms with van der Waals surface area (Å²) >= 11 is 0. The Kier molecular flexibility index (Phi) is 6.38. The van der Waals surface area contributed by atoms with Crippen LogP contribution in [-0.4, -0.2) is 31.6 Å². The number of fused-ring (bicyclic) bond motifs is 1. The fourth-order valence-corrected chi connectivity index (χ4v) is 3.64. The van der Waals surface area contributed by atoms with Crippen LogP contribution in [0.15, 0.2) is 42.5 Å². The van der Waals surface area contributed by atoms with E-state index in [1.807, 2.05) is 26.0 Å². The van der Waals surface area contributed by atoms with Crippen LogP contribution in [0.25, 0.3) is 0 Å². The van der Waals surface area contributed by atoms with Gasteiger partial charge in [-0.25, -0.2) is 0 Å². The standard InChI is InChI=1S/C23H30N2O2/c1-17-11-12-22(18(2)16-17)27-19(3)23(26)24-13-7-15-25-14-6-9-20-8-4-5-10-21(20)25/h4-5,8,10-12,16,19H,6-7,9,13-15H2,1-3H3,(H,24,26)/t19-/m0/s1. The van der Waals surface area contributed by atoms with Gasteiger partial charge >= 0.3 is 0 Å². The molecule has 1 aliphatic heterocycles. The Morgan fingerprint density at radius 3 is 2.85 bits per heavy atom. The van der Waals surface area contributed by atoms with Crippen LogP contribution < -0.4 is 15.0 Å². The number of nitrogens with zero attached hydrogens (tertiary/aromatic N) is 1. The van der Waals surface area contributed by atoms with E-state index >= 15 is 0 Å². The summed E-state index contributed by atoms with van der Waals surface area (Å²) in [5, 5.41) is 3.01. The van der Waals surface area contributed by atoms with Crippen LogP contribution in [0.4, 0.5) is 5.69 Å². The lowest BCUT2D eigenvalue weighted by molar-refractivity contribution is -0.127. The number of benzene rings is 2. The highest BCUT2D eigenvalue weighted by Crippen LogP contribution is 2.26. The van der Waals surface area contributed by atoms with Crippen molar-refractivity contribution in [3.8, 4) is 5.75 Å². The third kappa shape index (κ3) is 5.03. The zero-order valence-electron chi connectivity index (χ0n) is 16.6. The first kappa shape index (κ1) is 19.3. The monoisotopic (exact) mass is 366 g/mol. The molecule has 27 heavy (non-hydrogen) atoms. The first-order chi connectivity index (χ1) is 13.0. The van der Waals surface area contributed by atoms with E-state index < -0.39 is 6.10 Å². The smallest absolute Gasteiger partial charge is 0.260 e. The molecule has 4 nitrogen and oxygen atoms in total. The van der Waals surface area contributed by atoms with Crippen molar-refractivity contribution in [2.75, 3.05) is 24.5 Å². The number of aryl methyl sites for hydroxylation is 3. The van der Waals surface area contributed by atoms with Gasteiger partial charge in [0.1, 0.15) is 5.75 Å². The van der Waals surface area contributed by atoms with Gasteiger partial charge in [0, 0.05) is 25.3 Å². The Bertz CT molecular complexity index is 788. The summed E-state index contributed by atoms with van der Waals surface area (Å²) in [6.45, 7) is 8.57. The van der Waals surface area contributed by atoms with E-state index in [1.165, 1.54) is 23.2 Å². The molecule has 0 saturated heterocycles. The normalized spacial score (nSPS) is 14.4. The van der Waals surface area contributed by atoms with Crippen LogP contribution in [0.2, 0.25) is 0 Å². The van der Waals surface area contributed by atoms with E-state index in [0.29, 0.717) is 6.54 Å². The molecule has 144 valence electrons. The molecule has 1 N–H and O–H groups in total. The molecular formula is C23H30N2O2. The van der Waals surface area contributed by atoms with Gasteiger partial charge in [-0.15, -0.1) is 0 Å². The first-order valence-corrected chi connectivity index (χ1v) is 9.89. The van der Waals surface area contributed by atoms with Gasteiger partial charge in [-0.1, -0.05) is 35.9 Å². The number of rotatable bonds is 7. The Morgan fingerprint density at radius 2 is 2.04 bits per heavy atom. The van der Waals surface area contributed by atoms with Crippen LogP contribution in [0.5, 0.6) is 5.75 Å². The number of carbonyl (C=O) groups is 1. The Hall–Kier alpha value is -2.49. The molecule has 0 aliphatic carbocycles. The van der Waals surface area contributed by atoms with E-state index in [1.54, 1.807) is 6.92 Å². The molecule has 0 saturated carbocycles. The van der Waals surface area contributed by atoms with E-state index in [9.17, 15) is 4.79 Å². The lowest BCUT2D eigenvalue weighted by Crippen LogP contribution is -2.38. The van der Waals surface area contributed by atoms with Crippen molar-refractivity contribution in [3.05, 3.63) is 59.2 Å². The predicted octanol–water partition coefficient (Wildman–Crippen LogP) is 4.03. The summed E-state index contributed by atoms with van der Waals surface area (Å²) < 4.78 is 5.83.